The number of ether oxygens (including phenoxy) is 2. The molecule has 0 fully saturated rings. The molecule has 2 heterocycles. The van der Waals surface area contributed by atoms with Gasteiger partial charge in [-0.15, -0.1) is 6.58 Å². The van der Waals surface area contributed by atoms with Crippen molar-refractivity contribution in [2.45, 2.75) is 51.9 Å². The van der Waals surface area contributed by atoms with Crippen LogP contribution in [-0.4, -0.2) is 35.3 Å². The molecule has 0 amide bonds. The molecule has 10 heteroatoms. The normalized spacial score (nSPS) is 11.3. The zero-order chi connectivity index (χ0) is 33.5. The number of carboxylic acids is 1. The maximum Gasteiger partial charge on any atom is 0.307 e. The van der Waals surface area contributed by atoms with E-state index in [9.17, 15) is 22.4 Å². The van der Waals surface area contributed by atoms with Gasteiger partial charge in [0.25, 0.3) is 0 Å². The summed E-state index contributed by atoms with van der Waals surface area (Å²) in [5.74, 6) is -1.50. The molecule has 45 heavy (non-hydrogen) atoms. The standard InChI is InChI=1S/C18H19F2NO.C17H17F2NO3/c1-5-6-14-15(12-7-8-21-17(9-12)22-4)10-13(19)11-16(14)18(2,3)20;1-17(2,19)14-8-11(18)7-12(13(14)9-16(21)22)10-4-5-20-15(6-10)23-3/h5,7-11H,1,6H2,2-4H3;4-8H,9H2,1-3H3,(H,21,22). The third-order valence-corrected chi connectivity index (χ3v) is 6.90. The number of carbonyl (C=O) groups is 1. The third-order valence-electron chi connectivity index (χ3n) is 6.90. The Hall–Kier alpha value is -4.73. The van der Waals surface area contributed by atoms with Gasteiger partial charge in [0.1, 0.15) is 23.0 Å². The highest BCUT2D eigenvalue weighted by molar-refractivity contribution is 5.78. The van der Waals surface area contributed by atoms with Crippen LogP contribution in [0.5, 0.6) is 11.8 Å². The quantitative estimate of drug-likeness (QED) is 0.141. The second-order valence-electron chi connectivity index (χ2n) is 11.1. The van der Waals surface area contributed by atoms with Gasteiger partial charge in [-0.1, -0.05) is 6.08 Å². The first kappa shape index (κ1) is 34.8. The molecule has 4 aromatic rings. The molecule has 0 aliphatic heterocycles. The highest BCUT2D eigenvalue weighted by atomic mass is 19.2. The fourth-order valence-electron chi connectivity index (χ4n) is 4.93. The Morgan fingerprint density at radius 1 is 0.800 bits per heavy atom. The van der Waals surface area contributed by atoms with Gasteiger partial charge in [-0.3, -0.25) is 4.79 Å². The lowest BCUT2D eigenvalue weighted by atomic mass is 9.87. The highest BCUT2D eigenvalue weighted by Gasteiger charge is 2.28. The summed E-state index contributed by atoms with van der Waals surface area (Å²) in [7, 11) is 2.95. The summed E-state index contributed by atoms with van der Waals surface area (Å²) in [5, 5.41) is 9.15. The highest BCUT2D eigenvalue weighted by Crippen LogP contribution is 2.38. The fraction of sp³-hybridized carbons (Fsp3) is 0.286. The van der Waals surface area contributed by atoms with E-state index in [4.69, 9.17) is 14.6 Å². The predicted molar refractivity (Wildman–Crippen MR) is 166 cm³/mol. The Kier molecular flexibility index (Phi) is 11.1. The fourth-order valence-corrected chi connectivity index (χ4v) is 4.93. The molecule has 0 atom stereocenters. The number of nitrogens with zero attached hydrogens (tertiary/aromatic N) is 2. The van der Waals surface area contributed by atoms with Gasteiger partial charge in [-0.2, -0.15) is 0 Å². The summed E-state index contributed by atoms with van der Waals surface area (Å²) < 4.78 is 67.1. The lowest BCUT2D eigenvalue weighted by Gasteiger charge is -2.22. The molecule has 238 valence electrons. The number of aromatic nitrogens is 2. The number of hydrogen-bond donors (Lipinski definition) is 1. The van der Waals surface area contributed by atoms with Gasteiger partial charge in [0, 0.05) is 24.5 Å². The number of pyridine rings is 2. The lowest BCUT2D eigenvalue weighted by molar-refractivity contribution is -0.136. The Morgan fingerprint density at radius 2 is 1.22 bits per heavy atom. The Bertz CT molecular complexity index is 1680. The van der Waals surface area contributed by atoms with Gasteiger partial charge < -0.3 is 14.6 Å². The number of aliphatic carboxylic acids is 1. The Morgan fingerprint density at radius 3 is 1.60 bits per heavy atom. The minimum absolute atomic E-state index is 0.0191. The van der Waals surface area contributed by atoms with E-state index < -0.39 is 35.4 Å². The van der Waals surface area contributed by atoms with E-state index in [1.54, 1.807) is 36.5 Å². The first-order valence-electron chi connectivity index (χ1n) is 14.0. The lowest BCUT2D eigenvalue weighted by Crippen LogP contribution is -2.16. The van der Waals surface area contributed by atoms with Gasteiger partial charge in [-0.25, -0.2) is 27.5 Å². The van der Waals surface area contributed by atoms with Crippen molar-refractivity contribution in [2.24, 2.45) is 0 Å². The number of alkyl halides is 2. The van der Waals surface area contributed by atoms with E-state index in [1.165, 1.54) is 66.3 Å². The molecule has 0 unspecified atom stereocenters. The minimum Gasteiger partial charge on any atom is -0.481 e. The van der Waals surface area contributed by atoms with Gasteiger partial charge in [-0.05, 0) is 115 Å². The molecular weight excluding hydrogens is 588 g/mol. The molecule has 0 aliphatic rings. The van der Waals surface area contributed by atoms with Crippen LogP contribution in [0.2, 0.25) is 0 Å². The van der Waals surface area contributed by atoms with Crippen molar-refractivity contribution in [1.29, 1.82) is 0 Å². The molecule has 0 spiro atoms. The van der Waals surface area contributed by atoms with Crippen molar-refractivity contribution in [3.63, 3.8) is 0 Å². The van der Waals surface area contributed by atoms with Crippen molar-refractivity contribution in [3.05, 3.63) is 107 Å². The van der Waals surface area contributed by atoms with Crippen LogP contribution in [0.25, 0.3) is 22.3 Å². The first-order chi connectivity index (χ1) is 21.1. The largest absolute Gasteiger partial charge is 0.481 e. The van der Waals surface area contributed by atoms with Crippen molar-refractivity contribution in [1.82, 2.24) is 9.97 Å². The van der Waals surface area contributed by atoms with E-state index >= 15 is 0 Å². The predicted octanol–water partition coefficient (Wildman–Crippen LogP) is 8.56. The second kappa shape index (κ2) is 14.4. The zero-order valence-corrected chi connectivity index (χ0v) is 26.1. The monoisotopic (exact) mass is 624 g/mol. The van der Waals surface area contributed by atoms with Gasteiger partial charge in [0.05, 0.1) is 20.6 Å². The molecule has 0 saturated carbocycles. The zero-order valence-electron chi connectivity index (χ0n) is 26.1. The second-order valence-corrected chi connectivity index (χ2v) is 11.1. The van der Waals surface area contributed by atoms with Crippen LogP contribution in [0.15, 0.2) is 73.6 Å². The van der Waals surface area contributed by atoms with Gasteiger partial charge in [0.15, 0.2) is 0 Å². The number of methoxy groups -OCH3 is 2. The topological polar surface area (TPSA) is 81.5 Å². The average molecular weight is 625 g/mol. The van der Waals surface area contributed by atoms with E-state index in [-0.39, 0.29) is 11.1 Å². The summed E-state index contributed by atoms with van der Waals surface area (Å²) >= 11 is 0. The molecule has 0 saturated heterocycles. The molecule has 0 bridgehead atoms. The van der Waals surface area contributed by atoms with E-state index in [0.29, 0.717) is 40.4 Å². The number of hydrogen-bond acceptors (Lipinski definition) is 5. The molecule has 0 radical (unpaired) electrons. The number of allylic oxidation sites excluding steroid dienone is 1. The van der Waals surface area contributed by atoms with Crippen LogP contribution in [0.3, 0.4) is 0 Å². The molecular formula is C35H36F4N2O4. The van der Waals surface area contributed by atoms with Crippen LogP contribution in [0.1, 0.15) is 49.9 Å². The van der Waals surface area contributed by atoms with Crippen molar-refractivity contribution < 1.29 is 36.9 Å². The molecule has 4 rings (SSSR count). The molecule has 6 nitrogen and oxygen atoms in total. The van der Waals surface area contributed by atoms with E-state index in [1.807, 2.05) is 0 Å². The van der Waals surface area contributed by atoms with Crippen LogP contribution in [0, 0.1) is 11.6 Å². The smallest absolute Gasteiger partial charge is 0.307 e. The summed E-state index contributed by atoms with van der Waals surface area (Å²) in [6.07, 6.45) is 4.76. The number of rotatable bonds is 10. The Balaban J connectivity index is 0.000000246. The number of halogens is 4. The Labute approximate surface area is 260 Å². The van der Waals surface area contributed by atoms with Crippen molar-refractivity contribution >= 4 is 5.97 Å². The maximum absolute atomic E-state index is 14.5. The summed E-state index contributed by atoms with van der Waals surface area (Å²) in [6.45, 7) is 9.10. The van der Waals surface area contributed by atoms with E-state index in [2.05, 4.69) is 16.5 Å². The SMILES string of the molecule is C=CCc1c(-c2ccnc(OC)c2)cc(F)cc1C(C)(C)F.COc1cc(-c2cc(F)cc(C(C)(C)F)c2CC(=O)O)ccn1. The van der Waals surface area contributed by atoms with Crippen molar-refractivity contribution in [2.75, 3.05) is 14.2 Å². The summed E-state index contributed by atoms with van der Waals surface area (Å²) in [4.78, 5) is 19.2. The van der Waals surface area contributed by atoms with Crippen LogP contribution in [0.4, 0.5) is 17.6 Å². The average Bonchev–Trinajstić information content (AvgIpc) is 2.97. The van der Waals surface area contributed by atoms with Gasteiger partial charge in [0.2, 0.25) is 11.8 Å². The van der Waals surface area contributed by atoms with Crippen molar-refractivity contribution in [3.8, 4) is 34.0 Å². The summed E-state index contributed by atoms with van der Waals surface area (Å²) in [6, 6.07) is 11.5. The first-order valence-corrected chi connectivity index (χ1v) is 14.0. The summed E-state index contributed by atoms with van der Waals surface area (Å²) in [5.41, 5.74) is -0.0342. The van der Waals surface area contributed by atoms with E-state index in [0.717, 1.165) is 17.2 Å². The maximum atomic E-state index is 14.5. The van der Waals surface area contributed by atoms with Crippen LogP contribution < -0.4 is 9.47 Å². The van der Waals surface area contributed by atoms with Gasteiger partial charge >= 0.3 is 5.97 Å². The number of benzene rings is 2. The molecule has 2 aromatic carbocycles. The number of carboxylic acid groups (broad SMARTS) is 1. The molecule has 2 aromatic heterocycles. The molecule has 0 aliphatic carbocycles. The third kappa shape index (κ3) is 8.90. The van der Waals surface area contributed by atoms with Crippen LogP contribution in [-0.2, 0) is 29.0 Å². The molecule has 1 N–H and O–H groups in total. The van der Waals surface area contributed by atoms with Crippen LogP contribution >= 0.6 is 0 Å². The minimum atomic E-state index is -1.88.